The van der Waals surface area contributed by atoms with Crippen LogP contribution in [0.3, 0.4) is 0 Å². The Balaban J connectivity index is 1.12. The van der Waals surface area contributed by atoms with Crippen molar-refractivity contribution in [3.05, 3.63) is 182 Å². The quantitative estimate of drug-likeness (QED) is 0.176. The monoisotopic (exact) mass is 730 g/mol. The molecule has 4 aromatic heterocycles. The van der Waals surface area contributed by atoms with Gasteiger partial charge in [-0.1, -0.05) is 121 Å². The topological polar surface area (TPSA) is 69.9 Å². The fraction of sp³-hybridized carbons (Fsp3) is 0. The smallest absolute Gasteiger partial charge is 0.164 e. The maximum absolute atomic E-state index is 6.89. The van der Waals surface area contributed by atoms with Crippen LogP contribution >= 0.6 is 0 Å². The van der Waals surface area contributed by atoms with E-state index in [1.54, 1.807) is 0 Å². The molecule has 0 atom stereocenters. The van der Waals surface area contributed by atoms with Crippen molar-refractivity contribution in [2.45, 2.75) is 0 Å². The molecule has 0 unspecified atom stereocenters. The van der Waals surface area contributed by atoms with Gasteiger partial charge in [-0.15, -0.1) is 0 Å². The van der Waals surface area contributed by atoms with Gasteiger partial charge in [0.25, 0.3) is 0 Å². The summed E-state index contributed by atoms with van der Waals surface area (Å²) in [7, 11) is 0. The van der Waals surface area contributed by atoms with Crippen LogP contribution < -0.4 is 0 Å². The van der Waals surface area contributed by atoms with Gasteiger partial charge < -0.3 is 13.4 Å². The Morgan fingerprint density at radius 1 is 0.368 bits per heavy atom. The predicted octanol–water partition coefficient (Wildman–Crippen LogP) is 13.4. The number of aromatic nitrogens is 4. The molecule has 6 heteroatoms. The van der Waals surface area contributed by atoms with Crippen LogP contribution in [0.15, 0.2) is 191 Å². The number of hydrogen-bond donors (Lipinski definition) is 0. The van der Waals surface area contributed by atoms with Gasteiger partial charge in [-0.3, -0.25) is 0 Å². The van der Waals surface area contributed by atoms with Gasteiger partial charge in [-0.25, -0.2) is 15.0 Å². The van der Waals surface area contributed by atoms with Crippen molar-refractivity contribution in [1.29, 1.82) is 0 Å². The third kappa shape index (κ3) is 4.94. The summed E-state index contributed by atoms with van der Waals surface area (Å²) < 4.78 is 15.4. The molecule has 57 heavy (non-hydrogen) atoms. The van der Waals surface area contributed by atoms with Crippen molar-refractivity contribution in [3.8, 4) is 51.0 Å². The van der Waals surface area contributed by atoms with Crippen LogP contribution in [0.1, 0.15) is 0 Å². The zero-order valence-corrected chi connectivity index (χ0v) is 30.4. The lowest BCUT2D eigenvalue weighted by Gasteiger charge is -2.10. The Morgan fingerprint density at radius 3 is 1.86 bits per heavy atom. The van der Waals surface area contributed by atoms with Gasteiger partial charge in [0.2, 0.25) is 0 Å². The first-order valence-electron chi connectivity index (χ1n) is 19.0. The molecule has 0 aliphatic heterocycles. The molecule has 6 nitrogen and oxygen atoms in total. The lowest BCUT2D eigenvalue weighted by atomic mass is 10.0. The van der Waals surface area contributed by atoms with E-state index in [0.717, 1.165) is 93.8 Å². The van der Waals surface area contributed by atoms with E-state index < -0.39 is 0 Å². The zero-order chi connectivity index (χ0) is 37.5. The molecule has 0 spiro atoms. The summed E-state index contributed by atoms with van der Waals surface area (Å²) in [6.07, 6.45) is 0. The standard InChI is InChI=1S/C51H30N4O2/c1-3-13-31(14-4-1)32-15-11-16-33(29-32)49-52-50(34-25-28-44-41(30-34)37-20-8-10-23-43(37)56-44)54-51(53-49)40-21-12-24-45-46(40)39-27-26-38-36-19-7-9-22-42(36)55(47(38)48(39)57-45)35-17-5-2-6-18-35/h1-30H. The van der Waals surface area contributed by atoms with Crippen molar-refractivity contribution in [2.75, 3.05) is 0 Å². The normalized spacial score (nSPS) is 11.9. The highest BCUT2D eigenvalue weighted by atomic mass is 16.3. The number of rotatable bonds is 5. The third-order valence-electron chi connectivity index (χ3n) is 11.1. The van der Waals surface area contributed by atoms with E-state index in [1.807, 2.05) is 54.6 Å². The highest BCUT2D eigenvalue weighted by molar-refractivity contribution is 6.23. The van der Waals surface area contributed by atoms with E-state index in [4.69, 9.17) is 23.8 Å². The van der Waals surface area contributed by atoms with Crippen LogP contribution in [0.2, 0.25) is 0 Å². The fourth-order valence-electron chi connectivity index (χ4n) is 8.45. The van der Waals surface area contributed by atoms with Crippen LogP contribution in [0.4, 0.5) is 0 Å². The number of benzene rings is 8. The molecule has 0 amide bonds. The molecule has 0 saturated carbocycles. The first kappa shape index (κ1) is 31.5. The van der Waals surface area contributed by atoms with Gasteiger partial charge in [0.15, 0.2) is 23.1 Å². The first-order chi connectivity index (χ1) is 28.2. The van der Waals surface area contributed by atoms with Gasteiger partial charge in [0.05, 0.1) is 11.0 Å². The van der Waals surface area contributed by atoms with E-state index >= 15 is 0 Å². The first-order valence-corrected chi connectivity index (χ1v) is 19.0. The molecule has 0 N–H and O–H groups in total. The molecule has 12 rings (SSSR count). The summed E-state index contributed by atoms with van der Waals surface area (Å²) in [5.74, 6) is 1.72. The maximum Gasteiger partial charge on any atom is 0.164 e. The van der Waals surface area contributed by atoms with Crippen LogP contribution in [-0.2, 0) is 0 Å². The Kier molecular flexibility index (Phi) is 6.83. The van der Waals surface area contributed by atoms with Crippen LogP contribution in [0.5, 0.6) is 0 Å². The van der Waals surface area contributed by atoms with E-state index in [9.17, 15) is 0 Å². The largest absolute Gasteiger partial charge is 0.456 e. The number of para-hydroxylation sites is 3. The van der Waals surface area contributed by atoms with Gasteiger partial charge in [-0.2, -0.15) is 0 Å². The second-order valence-corrected chi connectivity index (χ2v) is 14.4. The van der Waals surface area contributed by atoms with Crippen molar-refractivity contribution >= 4 is 65.7 Å². The number of fused-ring (bicyclic) bond motifs is 10. The number of furan rings is 2. The molecule has 0 bridgehead atoms. The average Bonchev–Trinajstić information content (AvgIpc) is 3.96. The molecule has 8 aromatic carbocycles. The highest BCUT2D eigenvalue weighted by Gasteiger charge is 2.23. The summed E-state index contributed by atoms with van der Waals surface area (Å²) in [5.41, 5.74) is 11.3. The SMILES string of the molecule is c1ccc(-c2cccc(-c3nc(-c4ccc5oc6ccccc6c5c4)nc(-c4cccc5oc6c(ccc7c8ccccc8n(-c8ccccc8)c76)c45)n3)c2)cc1. The summed E-state index contributed by atoms with van der Waals surface area (Å²) in [6, 6.07) is 62.6. The minimum Gasteiger partial charge on any atom is -0.456 e. The third-order valence-corrected chi connectivity index (χ3v) is 11.1. The maximum atomic E-state index is 6.89. The summed E-state index contributed by atoms with van der Waals surface area (Å²) in [4.78, 5) is 15.7. The fourth-order valence-corrected chi connectivity index (χ4v) is 8.45. The highest BCUT2D eigenvalue weighted by Crippen LogP contribution is 2.43. The molecule has 0 radical (unpaired) electrons. The van der Waals surface area contributed by atoms with Gasteiger partial charge in [0.1, 0.15) is 16.7 Å². The molecule has 266 valence electrons. The second kappa shape index (κ2) is 12.3. The predicted molar refractivity (Wildman–Crippen MR) is 230 cm³/mol. The lowest BCUT2D eigenvalue weighted by molar-refractivity contribution is 0.669. The van der Waals surface area contributed by atoms with Crippen molar-refractivity contribution in [3.63, 3.8) is 0 Å². The minimum atomic E-state index is 0.564. The average molecular weight is 731 g/mol. The number of nitrogens with zero attached hydrogens (tertiary/aromatic N) is 4. The summed E-state index contributed by atoms with van der Waals surface area (Å²) in [5, 5.41) is 6.32. The Bertz CT molecular complexity index is 3530. The Hall–Kier alpha value is -7.83. The molecule has 0 aliphatic carbocycles. The molecule has 0 fully saturated rings. The molecule has 0 saturated heterocycles. The van der Waals surface area contributed by atoms with Crippen LogP contribution in [-0.4, -0.2) is 19.5 Å². The van der Waals surface area contributed by atoms with E-state index in [0.29, 0.717) is 17.5 Å². The van der Waals surface area contributed by atoms with Crippen molar-refractivity contribution < 1.29 is 8.83 Å². The van der Waals surface area contributed by atoms with Crippen molar-refractivity contribution in [2.24, 2.45) is 0 Å². The lowest BCUT2D eigenvalue weighted by Crippen LogP contribution is -2.00. The van der Waals surface area contributed by atoms with E-state index in [-0.39, 0.29) is 0 Å². The summed E-state index contributed by atoms with van der Waals surface area (Å²) >= 11 is 0. The Labute approximate surface area is 325 Å². The second-order valence-electron chi connectivity index (χ2n) is 14.4. The molecular weight excluding hydrogens is 701 g/mol. The Morgan fingerprint density at radius 2 is 1.00 bits per heavy atom. The molecule has 4 heterocycles. The molecule has 0 aliphatic rings. The molecule has 12 aromatic rings. The van der Waals surface area contributed by atoms with Crippen molar-refractivity contribution in [1.82, 2.24) is 19.5 Å². The zero-order valence-electron chi connectivity index (χ0n) is 30.4. The van der Waals surface area contributed by atoms with Gasteiger partial charge in [-0.05, 0) is 71.8 Å². The van der Waals surface area contributed by atoms with Gasteiger partial charge >= 0.3 is 0 Å². The van der Waals surface area contributed by atoms with Crippen LogP contribution in [0.25, 0.3) is 117 Å². The number of hydrogen-bond acceptors (Lipinski definition) is 5. The van der Waals surface area contributed by atoms with E-state index in [2.05, 4.69) is 132 Å². The summed E-state index contributed by atoms with van der Waals surface area (Å²) in [6.45, 7) is 0. The van der Waals surface area contributed by atoms with E-state index in [1.165, 1.54) is 5.39 Å². The van der Waals surface area contributed by atoms with Gasteiger partial charge in [0, 0.05) is 54.7 Å². The van der Waals surface area contributed by atoms with Crippen LogP contribution in [0, 0.1) is 0 Å². The minimum absolute atomic E-state index is 0.564. The molecular formula is C51H30N4O2.